The lowest BCUT2D eigenvalue weighted by molar-refractivity contribution is -0.167. The Morgan fingerprint density at radius 1 is 0.250 bits per heavy atom. The molecular formula is C74H136O6. The molecule has 1 atom stereocenters. The van der Waals surface area contributed by atoms with Crippen molar-refractivity contribution in [3.05, 3.63) is 48.6 Å². The molecule has 0 aromatic heterocycles. The van der Waals surface area contributed by atoms with Crippen molar-refractivity contribution in [3.63, 3.8) is 0 Å². The molecule has 0 spiro atoms. The van der Waals surface area contributed by atoms with Gasteiger partial charge in [0.2, 0.25) is 0 Å². The first-order chi connectivity index (χ1) is 39.5. The van der Waals surface area contributed by atoms with Gasteiger partial charge in [-0.15, -0.1) is 0 Å². The predicted octanol–water partition coefficient (Wildman–Crippen LogP) is 24.5. The number of carbonyl (C=O) groups excluding carboxylic acids is 3. The molecule has 0 heterocycles. The van der Waals surface area contributed by atoms with Gasteiger partial charge in [-0.05, 0) is 83.5 Å². The standard InChI is InChI=1S/C74H136O6/c1-4-7-10-13-16-19-22-25-28-31-34-35-36-37-38-39-40-41-44-46-49-52-55-58-61-64-67-73(76)79-70-71(80-74(77)68-65-62-59-56-53-50-47-43-33-30-27-24-21-18-15-12-9-6-3)69-78-72(75)66-63-60-57-54-51-48-45-42-32-29-26-23-20-17-14-11-8-5-2/h20-21,23-24,29-30,32-33,71H,4-19,22,25-28,31,34-70H2,1-3H3/b23-20-,24-21-,32-29-,33-30-. The van der Waals surface area contributed by atoms with Crippen molar-refractivity contribution in [3.8, 4) is 0 Å². The van der Waals surface area contributed by atoms with Crippen LogP contribution in [0.15, 0.2) is 48.6 Å². The Morgan fingerprint density at radius 3 is 0.700 bits per heavy atom. The smallest absolute Gasteiger partial charge is 0.306 e. The average Bonchev–Trinajstić information content (AvgIpc) is 3.46. The monoisotopic (exact) mass is 1120 g/mol. The minimum absolute atomic E-state index is 0.0750. The SMILES string of the molecule is CCCCCC/C=C\C/C=C\CCCCCCCCCC(=O)OCC(COC(=O)CCCCCCCCCCCCCCCCCCCCCCCCCCCC)OC(=O)CCCCCCCCC/C=C\C/C=C\CCCCCC. The van der Waals surface area contributed by atoms with Gasteiger partial charge in [-0.25, -0.2) is 0 Å². The van der Waals surface area contributed by atoms with Gasteiger partial charge in [-0.2, -0.15) is 0 Å². The van der Waals surface area contributed by atoms with Crippen molar-refractivity contribution in [1.29, 1.82) is 0 Å². The van der Waals surface area contributed by atoms with Crippen molar-refractivity contribution in [1.82, 2.24) is 0 Å². The molecule has 0 radical (unpaired) electrons. The molecule has 0 amide bonds. The van der Waals surface area contributed by atoms with Crippen molar-refractivity contribution < 1.29 is 28.6 Å². The predicted molar refractivity (Wildman–Crippen MR) is 349 cm³/mol. The van der Waals surface area contributed by atoms with E-state index in [1.165, 1.54) is 263 Å². The molecule has 6 nitrogen and oxygen atoms in total. The second-order valence-electron chi connectivity index (χ2n) is 24.1. The average molecular weight is 1120 g/mol. The van der Waals surface area contributed by atoms with E-state index < -0.39 is 6.10 Å². The van der Waals surface area contributed by atoms with Crippen LogP contribution in [0.4, 0.5) is 0 Å². The van der Waals surface area contributed by atoms with Crippen molar-refractivity contribution in [2.75, 3.05) is 13.2 Å². The van der Waals surface area contributed by atoms with Gasteiger partial charge in [0.1, 0.15) is 13.2 Å². The zero-order valence-corrected chi connectivity index (χ0v) is 53.9. The molecule has 0 bridgehead atoms. The highest BCUT2D eigenvalue weighted by Gasteiger charge is 2.19. The Hall–Kier alpha value is -2.63. The molecule has 0 saturated heterocycles. The van der Waals surface area contributed by atoms with Gasteiger partial charge in [-0.1, -0.05) is 333 Å². The summed E-state index contributed by atoms with van der Waals surface area (Å²) in [5.41, 5.74) is 0. The zero-order chi connectivity index (χ0) is 57.8. The van der Waals surface area contributed by atoms with Crippen LogP contribution in [0.2, 0.25) is 0 Å². The molecule has 0 aliphatic heterocycles. The van der Waals surface area contributed by atoms with Crippen LogP contribution in [0.5, 0.6) is 0 Å². The maximum absolute atomic E-state index is 12.9. The van der Waals surface area contributed by atoms with Gasteiger partial charge in [0, 0.05) is 19.3 Å². The van der Waals surface area contributed by atoms with Gasteiger partial charge >= 0.3 is 17.9 Å². The van der Waals surface area contributed by atoms with E-state index in [1.807, 2.05) is 0 Å². The van der Waals surface area contributed by atoms with Crippen LogP contribution in [0.3, 0.4) is 0 Å². The van der Waals surface area contributed by atoms with Crippen LogP contribution < -0.4 is 0 Å². The summed E-state index contributed by atoms with van der Waals surface area (Å²) in [6.45, 7) is 6.67. The van der Waals surface area contributed by atoms with E-state index in [2.05, 4.69) is 69.4 Å². The normalized spacial score (nSPS) is 12.3. The zero-order valence-electron chi connectivity index (χ0n) is 53.9. The Labute approximate surface area is 498 Å². The topological polar surface area (TPSA) is 78.9 Å². The van der Waals surface area contributed by atoms with Gasteiger partial charge in [0.05, 0.1) is 0 Å². The highest BCUT2D eigenvalue weighted by atomic mass is 16.6. The summed E-state index contributed by atoms with van der Waals surface area (Å²) in [6, 6.07) is 0. The number of esters is 3. The summed E-state index contributed by atoms with van der Waals surface area (Å²) in [6.07, 6.45) is 87.1. The first-order valence-electron chi connectivity index (χ1n) is 35.6. The quantitative estimate of drug-likeness (QED) is 0.0261. The van der Waals surface area contributed by atoms with Crippen molar-refractivity contribution in [2.24, 2.45) is 0 Å². The highest BCUT2D eigenvalue weighted by Crippen LogP contribution is 2.18. The third-order valence-corrected chi connectivity index (χ3v) is 16.1. The molecule has 0 fully saturated rings. The van der Waals surface area contributed by atoms with E-state index in [4.69, 9.17) is 14.2 Å². The summed E-state index contributed by atoms with van der Waals surface area (Å²) in [7, 11) is 0. The van der Waals surface area contributed by atoms with E-state index in [0.29, 0.717) is 19.3 Å². The number of rotatable bonds is 66. The fourth-order valence-corrected chi connectivity index (χ4v) is 10.7. The van der Waals surface area contributed by atoms with E-state index in [1.54, 1.807) is 0 Å². The van der Waals surface area contributed by atoms with Crippen molar-refractivity contribution >= 4 is 17.9 Å². The summed E-state index contributed by atoms with van der Waals surface area (Å²) < 4.78 is 17.0. The van der Waals surface area contributed by atoms with Crippen LogP contribution in [0.25, 0.3) is 0 Å². The highest BCUT2D eigenvalue weighted by molar-refractivity contribution is 5.71. The van der Waals surface area contributed by atoms with E-state index >= 15 is 0 Å². The second kappa shape index (κ2) is 68.9. The number of unbranched alkanes of at least 4 members (excludes halogenated alkanes) is 47. The summed E-state index contributed by atoms with van der Waals surface area (Å²) in [5, 5.41) is 0. The van der Waals surface area contributed by atoms with Crippen molar-refractivity contribution in [2.45, 2.75) is 393 Å². The van der Waals surface area contributed by atoms with Gasteiger partial charge < -0.3 is 14.2 Å². The third kappa shape index (κ3) is 66.2. The molecule has 0 aliphatic carbocycles. The molecule has 0 N–H and O–H groups in total. The summed E-state index contributed by atoms with van der Waals surface area (Å²) >= 11 is 0. The lowest BCUT2D eigenvalue weighted by Gasteiger charge is -2.18. The lowest BCUT2D eigenvalue weighted by atomic mass is 10.0. The molecule has 0 aromatic rings. The Bertz CT molecular complexity index is 1380. The van der Waals surface area contributed by atoms with E-state index in [0.717, 1.165) is 83.5 Å². The van der Waals surface area contributed by atoms with Crippen LogP contribution in [-0.4, -0.2) is 37.2 Å². The molecule has 6 heteroatoms. The fourth-order valence-electron chi connectivity index (χ4n) is 10.7. The number of carbonyl (C=O) groups is 3. The molecule has 0 aliphatic rings. The fraction of sp³-hybridized carbons (Fsp3) is 0.851. The van der Waals surface area contributed by atoms with Gasteiger partial charge in [-0.3, -0.25) is 14.4 Å². The summed E-state index contributed by atoms with van der Waals surface area (Å²) in [4.78, 5) is 38.5. The molecule has 468 valence electrons. The minimum Gasteiger partial charge on any atom is -0.462 e. The van der Waals surface area contributed by atoms with Crippen LogP contribution in [0.1, 0.15) is 387 Å². The number of hydrogen-bond donors (Lipinski definition) is 0. The van der Waals surface area contributed by atoms with Gasteiger partial charge in [0.15, 0.2) is 6.10 Å². The maximum Gasteiger partial charge on any atom is 0.306 e. The number of ether oxygens (including phenoxy) is 3. The lowest BCUT2D eigenvalue weighted by Crippen LogP contribution is -2.30. The summed E-state index contributed by atoms with van der Waals surface area (Å²) in [5.74, 6) is -0.865. The number of hydrogen-bond acceptors (Lipinski definition) is 6. The van der Waals surface area contributed by atoms with Crippen LogP contribution >= 0.6 is 0 Å². The Kier molecular flexibility index (Phi) is 66.6. The minimum atomic E-state index is -0.781. The van der Waals surface area contributed by atoms with Crippen LogP contribution in [0, 0.1) is 0 Å². The Morgan fingerprint density at radius 2 is 0.450 bits per heavy atom. The maximum atomic E-state index is 12.9. The molecule has 0 rings (SSSR count). The molecular weight excluding hydrogens is 985 g/mol. The first kappa shape index (κ1) is 77.4. The molecule has 1 unspecified atom stereocenters. The molecule has 0 saturated carbocycles. The largest absolute Gasteiger partial charge is 0.462 e. The molecule has 80 heavy (non-hydrogen) atoms. The third-order valence-electron chi connectivity index (χ3n) is 16.1. The van der Waals surface area contributed by atoms with Crippen LogP contribution in [-0.2, 0) is 28.6 Å². The van der Waals surface area contributed by atoms with E-state index in [-0.39, 0.29) is 31.1 Å². The second-order valence-corrected chi connectivity index (χ2v) is 24.1. The molecule has 0 aromatic carbocycles. The van der Waals surface area contributed by atoms with Gasteiger partial charge in [0.25, 0.3) is 0 Å². The first-order valence-corrected chi connectivity index (χ1v) is 35.6. The Balaban J connectivity index is 4.29. The van der Waals surface area contributed by atoms with E-state index in [9.17, 15) is 14.4 Å². The number of allylic oxidation sites excluding steroid dienone is 8.